The van der Waals surface area contributed by atoms with Crippen molar-refractivity contribution < 1.29 is 9.47 Å². The van der Waals surface area contributed by atoms with Crippen LogP contribution in [0.1, 0.15) is 17.9 Å². The van der Waals surface area contributed by atoms with Crippen LogP contribution < -0.4 is 9.47 Å². The van der Waals surface area contributed by atoms with Crippen LogP contribution in [0.15, 0.2) is 60.7 Å². The molecule has 0 saturated heterocycles. The third-order valence-corrected chi connectivity index (χ3v) is 4.72. The molecule has 0 atom stereocenters. The molecule has 2 aromatic carbocycles. The normalized spacial score (nSPS) is 10.9. The van der Waals surface area contributed by atoms with E-state index in [0.29, 0.717) is 22.4 Å². The van der Waals surface area contributed by atoms with E-state index in [1.54, 1.807) is 25.3 Å². The van der Waals surface area contributed by atoms with Crippen molar-refractivity contribution in [2.75, 3.05) is 7.11 Å². The molecule has 4 rings (SSSR count). The van der Waals surface area contributed by atoms with E-state index in [9.17, 15) is 0 Å². The fourth-order valence-electron chi connectivity index (χ4n) is 3.02. The van der Waals surface area contributed by atoms with Crippen LogP contribution in [0.5, 0.6) is 17.4 Å². The number of aromatic amines is 1. The van der Waals surface area contributed by atoms with Gasteiger partial charge in [-0.2, -0.15) is 0 Å². The molecule has 0 fully saturated rings. The molecule has 0 amide bonds. The Balaban J connectivity index is 1.38. The topological polar surface area (TPSA) is 60.0 Å². The number of nitrogens with zero attached hydrogens (tertiary/aromatic N) is 2. The first kappa shape index (κ1) is 18.3. The number of fused-ring (bicyclic) bond motifs is 1. The minimum absolute atomic E-state index is 0.483. The van der Waals surface area contributed by atoms with Gasteiger partial charge in [-0.25, -0.2) is 9.97 Å². The van der Waals surface area contributed by atoms with Gasteiger partial charge in [0.1, 0.15) is 17.3 Å². The van der Waals surface area contributed by atoms with Crippen LogP contribution in [-0.2, 0) is 12.8 Å². The van der Waals surface area contributed by atoms with Gasteiger partial charge in [0.2, 0.25) is 5.88 Å². The van der Waals surface area contributed by atoms with Crippen molar-refractivity contribution in [1.82, 2.24) is 15.0 Å². The van der Waals surface area contributed by atoms with Crippen molar-refractivity contribution >= 4 is 22.6 Å². The van der Waals surface area contributed by atoms with Crippen LogP contribution in [0.2, 0.25) is 5.02 Å². The van der Waals surface area contributed by atoms with Gasteiger partial charge in [0.15, 0.2) is 0 Å². The van der Waals surface area contributed by atoms with E-state index in [-0.39, 0.29) is 0 Å². The molecule has 0 bridgehead atoms. The van der Waals surface area contributed by atoms with E-state index in [4.69, 9.17) is 21.1 Å². The quantitative estimate of drug-likeness (QED) is 0.444. The van der Waals surface area contributed by atoms with E-state index >= 15 is 0 Å². The lowest BCUT2D eigenvalue weighted by molar-refractivity contribution is 0.412. The van der Waals surface area contributed by atoms with Gasteiger partial charge in [-0.15, -0.1) is 0 Å². The Morgan fingerprint density at radius 1 is 0.964 bits per heavy atom. The lowest BCUT2D eigenvalue weighted by atomic mass is 10.2. The zero-order valence-corrected chi connectivity index (χ0v) is 16.2. The monoisotopic (exact) mass is 393 g/mol. The van der Waals surface area contributed by atoms with Crippen molar-refractivity contribution in [3.63, 3.8) is 0 Å². The fraction of sp³-hybridized carbons (Fsp3) is 0.182. The number of hydrogen-bond donors (Lipinski definition) is 1. The summed E-state index contributed by atoms with van der Waals surface area (Å²) in [5.41, 5.74) is 3.04. The second-order valence-corrected chi connectivity index (χ2v) is 6.83. The number of methoxy groups -OCH3 is 1. The molecule has 2 heterocycles. The van der Waals surface area contributed by atoms with Crippen molar-refractivity contribution in [1.29, 1.82) is 0 Å². The maximum Gasteiger partial charge on any atom is 0.219 e. The summed E-state index contributed by atoms with van der Waals surface area (Å²) in [6.07, 6.45) is 2.65. The molecule has 0 saturated carbocycles. The number of imidazole rings is 1. The Kier molecular flexibility index (Phi) is 5.44. The predicted octanol–water partition coefficient (Wildman–Crippen LogP) is 5.59. The molecule has 142 valence electrons. The third kappa shape index (κ3) is 4.26. The van der Waals surface area contributed by atoms with E-state index < -0.39 is 0 Å². The summed E-state index contributed by atoms with van der Waals surface area (Å²) in [6.45, 7) is 0. The van der Waals surface area contributed by atoms with Gasteiger partial charge in [0.25, 0.3) is 0 Å². The lowest BCUT2D eigenvalue weighted by Crippen LogP contribution is -1.96. The van der Waals surface area contributed by atoms with Gasteiger partial charge in [0, 0.05) is 24.2 Å². The maximum atomic E-state index is 6.24. The number of rotatable bonds is 7. The van der Waals surface area contributed by atoms with Crippen LogP contribution in [0, 0.1) is 0 Å². The highest BCUT2D eigenvalue weighted by atomic mass is 35.5. The molecule has 5 nitrogen and oxygen atoms in total. The molecular weight excluding hydrogens is 374 g/mol. The fourth-order valence-corrected chi connectivity index (χ4v) is 3.23. The summed E-state index contributed by atoms with van der Waals surface area (Å²) in [4.78, 5) is 12.6. The first-order valence-corrected chi connectivity index (χ1v) is 9.50. The van der Waals surface area contributed by atoms with Gasteiger partial charge in [0.05, 0.1) is 23.2 Å². The summed E-state index contributed by atoms with van der Waals surface area (Å²) >= 11 is 6.24. The highest BCUT2D eigenvalue weighted by Crippen LogP contribution is 2.31. The number of aromatic nitrogens is 3. The van der Waals surface area contributed by atoms with Gasteiger partial charge in [-0.3, -0.25) is 0 Å². The zero-order valence-electron chi connectivity index (χ0n) is 15.5. The molecule has 0 aliphatic rings. The molecule has 0 unspecified atom stereocenters. The smallest absolute Gasteiger partial charge is 0.219 e. The maximum absolute atomic E-state index is 6.24. The lowest BCUT2D eigenvalue weighted by Gasteiger charge is -2.09. The molecule has 0 aliphatic heterocycles. The summed E-state index contributed by atoms with van der Waals surface area (Å²) in [7, 11) is 1.60. The largest absolute Gasteiger partial charge is 0.497 e. The van der Waals surface area contributed by atoms with Crippen LogP contribution in [0.25, 0.3) is 11.0 Å². The number of para-hydroxylation sites is 2. The van der Waals surface area contributed by atoms with Gasteiger partial charge in [-0.05, 0) is 43.2 Å². The molecule has 0 radical (unpaired) electrons. The van der Waals surface area contributed by atoms with Crippen LogP contribution in [0.3, 0.4) is 0 Å². The number of nitrogens with one attached hydrogen (secondary N) is 1. The zero-order chi connectivity index (χ0) is 19.3. The first-order chi connectivity index (χ1) is 13.7. The van der Waals surface area contributed by atoms with E-state index in [1.807, 2.05) is 42.5 Å². The minimum atomic E-state index is 0.483. The second kappa shape index (κ2) is 8.31. The highest BCUT2D eigenvalue weighted by molar-refractivity contribution is 6.32. The summed E-state index contributed by atoms with van der Waals surface area (Å²) < 4.78 is 11.0. The van der Waals surface area contributed by atoms with Crippen molar-refractivity contribution in [3.05, 3.63) is 77.2 Å². The van der Waals surface area contributed by atoms with E-state index in [0.717, 1.165) is 41.8 Å². The van der Waals surface area contributed by atoms with Crippen LogP contribution >= 0.6 is 11.6 Å². The second-order valence-electron chi connectivity index (χ2n) is 6.42. The number of H-pyrrole nitrogens is 1. The van der Waals surface area contributed by atoms with Crippen molar-refractivity contribution in [2.45, 2.75) is 19.3 Å². The van der Waals surface area contributed by atoms with Crippen molar-refractivity contribution in [2.24, 2.45) is 0 Å². The molecule has 2 aromatic heterocycles. The third-order valence-electron chi connectivity index (χ3n) is 4.42. The molecule has 1 N–H and O–H groups in total. The predicted molar refractivity (Wildman–Crippen MR) is 110 cm³/mol. The number of pyridine rings is 1. The summed E-state index contributed by atoms with van der Waals surface area (Å²) in [5.74, 6) is 2.76. The molecule has 0 spiro atoms. The Morgan fingerprint density at radius 3 is 2.68 bits per heavy atom. The summed E-state index contributed by atoms with van der Waals surface area (Å²) in [6, 6.07) is 19.1. The van der Waals surface area contributed by atoms with Gasteiger partial charge >= 0.3 is 0 Å². The average Bonchev–Trinajstić information content (AvgIpc) is 3.12. The highest BCUT2D eigenvalue weighted by Gasteiger charge is 2.07. The minimum Gasteiger partial charge on any atom is -0.497 e. The SMILES string of the molecule is COc1ccc(Oc2cccc(CCCc3nc4ccccc4[nH]3)n2)c(Cl)c1. The van der Waals surface area contributed by atoms with E-state index in [1.165, 1.54) is 0 Å². The van der Waals surface area contributed by atoms with Gasteiger partial charge < -0.3 is 14.5 Å². The standard InChI is InChI=1S/C22H20ClN3O2/c1-27-16-12-13-20(17(23)14-16)28-22-11-5-7-15(24-22)6-4-10-21-25-18-8-2-3-9-19(18)26-21/h2-3,5,7-9,11-14H,4,6,10H2,1H3,(H,25,26). The molecule has 0 aliphatic carbocycles. The first-order valence-electron chi connectivity index (χ1n) is 9.12. The van der Waals surface area contributed by atoms with Crippen LogP contribution in [0.4, 0.5) is 0 Å². The number of aryl methyl sites for hydroxylation is 2. The molecule has 6 heteroatoms. The Labute approximate surface area is 168 Å². The number of benzene rings is 2. The van der Waals surface area contributed by atoms with Crippen LogP contribution in [-0.4, -0.2) is 22.1 Å². The molecule has 28 heavy (non-hydrogen) atoms. The van der Waals surface area contributed by atoms with Crippen molar-refractivity contribution in [3.8, 4) is 17.4 Å². The Bertz CT molecular complexity index is 1060. The Hall–Kier alpha value is -3.05. The Morgan fingerprint density at radius 2 is 1.86 bits per heavy atom. The summed E-state index contributed by atoms with van der Waals surface area (Å²) in [5, 5.41) is 0.483. The number of halogens is 1. The average molecular weight is 394 g/mol. The van der Waals surface area contributed by atoms with E-state index in [2.05, 4.69) is 15.0 Å². The number of hydrogen-bond acceptors (Lipinski definition) is 4. The molecular formula is C22H20ClN3O2. The molecule has 4 aromatic rings. The number of ether oxygens (including phenoxy) is 2. The van der Waals surface area contributed by atoms with Gasteiger partial charge in [-0.1, -0.05) is 29.8 Å².